The standard InChI is InChI=1S/C28H39FN6O2S/c1-18(36)34(2)24-11-12-25(30-27(37)31-28-33-32-26(38-28)21-7-8-21)22(15-24)17-35-13-3-4-20(16-35)14-19-5-9-23(29)10-6-19/h5-6,9-10,20-22,24-25H,3-4,7-8,11-17H2,1-2H3,(H2,30,31,33,37)/t20-,22-,24+,25?/m0/s1. The molecule has 3 fully saturated rings. The number of rotatable bonds is 8. The average Bonchev–Trinajstić information content (AvgIpc) is 3.65. The van der Waals surface area contributed by atoms with Gasteiger partial charge in [-0.15, -0.1) is 10.2 Å². The molecular weight excluding hydrogens is 503 g/mol. The van der Waals surface area contributed by atoms with E-state index in [1.807, 2.05) is 24.1 Å². The molecule has 2 aliphatic carbocycles. The first-order valence-electron chi connectivity index (χ1n) is 13.9. The number of aromatic nitrogens is 2. The molecule has 10 heteroatoms. The van der Waals surface area contributed by atoms with Crippen molar-refractivity contribution in [3.63, 3.8) is 0 Å². The zero-order chi connectivity index (χ0) is 26.6. The molecular formula is C28H39FN6O2S. The number of anilines is 1. The summed E-state index contributed by atoms with van der Waals surface area (Å²) < 4.78 is 13.3. The number of likely N-dealkylation sites (tertiary alicyclic amines) is 1. The highest BCUT2D eigenvalue weighted by Gasteiger charge is 2.36. The Morgan fingerprint density at radius 1 is 1.13 bits per heavy atom. The molecule has 3 aliphatic rings. The maximum Gasteiger partial charge on any atom is 0.321 e. The van der Waals surface area contributed by atoms with E-state index in [9.17, 15) is 14.0 Å². The van der Waals surface area contributed by atoms with Gasteiger partial charge in [0, 0.05) is 45.1 Å². The lowest BCUT2D eigenvalue weighted by atomic mass is 9.80. The van der Waals surface area contributed by atoms with E-state index in [1.54, 1.807) is 19.1 Å². The van der Waals surface area contributed by atoms with Gasteiger partial charge >= 0.3 is 6.03 Å². The van der Waals surface area contributed by atoms with Crippen LogP contribution in [0.2, 0.25) is 0 Å². The summed E-state index contributed by atoms with van der Waals surface area (Å²) in [5.41, 5.74) is 1.18. The normalized spacial score (nSPS) is 26.1. The van der Waals surface area contributed by atoms with Crippen molar-refractivity contribution >= 4 is 28.4 Å². The zero-order valence-electron chi connectivity index (χ0n) is 22.4. The van der Waals surface area contributed by atoms with Crippen LogP contribution in [-0.4, -0.2) is 70.7 Å². The molecule has 1 aromatic heterocycles. The van der Waals surface area contributed by atoms with Crippen LogP contribution in [-0.2, 0) is 11.2 Å². The van der Waals surface area contributed by atoms with E-state index in [-0.39, 0.29) is 35.8 Å². The summed E-state index contributed by atoms with van der Waals surface area (Å²) in [5, 5.41) is 16.0. The maximum atomic E-state index is 13.3. The molecule has 1 aliphatic heterocycles. The summed E-state index contributed by atoms with van der Waals surface area (Å²) in [6.07, 6.45) is 8.13. The number of amides is 3. The van der Waals surface area contributed by atoms with Crippen molar-refractivity contribution in [1.82, 2.24) is 25.3 Å². The second-order valence-electron chi connectivity index (χ2n) is 11.4. The number of piperidine rings is 1. The minimum Gasteiger partial charge on any atom is -0.343 e. The largest absolute Gasteiger partial charge is 0.343 e. The third kappa shape index (κ3) is 7.08. The fourth-order valence-corrected chi connectivity index (χ4v) is 7.00. The van der Waals surface area contributed by atoms with Gasteiger partial charge in [0.15, 0.2) is 0 Å². The summed E-state index contributed by atoms with van der Waals surface area (Å²) >= 11 is 1.46. The van der Waals surface area contributed by atoms with Crippen LogP contribution in [0, 0.1) is 17.7 Å². The van der Waals surface area contributed by atoms with Crippen molar-refractivity contribution in [2.45, 2.75) is 76.3 Å². The Morgan fingerprint density at radius 2 is 1.92 bits per heavy atom. The average molecular weight is 543 g/mol. The van der Waals surface area contributed by atoms with Crippen LogP contribution in [0.1, 0.15) is 68.4 Å². The van der Waals surface area contributed by atoms with Gasteiger partial charge in [0.25, 0.3) is 0 Å². The van der Waals surface area contributed by atoms with Crippen LogP contribution in [0.3, 0.4) is 0 Å². The number of urea groups is 1. The summed E-state index contributed by atoms with van der Waals surface area (Å²) in [6, 6.07) is 6.84. The van der Waals surface area contributed by atoms with Crippen LogP contribution in [0.15, 0.2) is 24.3 Å². The number of nitrogens with one attached hydrogen (secondary N) is 2. The van der Waals surface area contributed by atoms with E-state index in [0.717, 1.165) is 69.6 Å². The third-order valence-corrected chi connectivity index (χ3v) is 9.44. The van der Waals surface area contributed by atoms with Gasteiger partial charge < -0.3 is 15.1 Å². The first-order valence-corrected chi connectivity index (χ1v) is 14.8. The number of carbonyl (C=O) groups excluding carboxylic acids is 2. The number of nitrogens with zero attached hydrogens (tertiary/aromatic N) is 4. The lowest BCUT2D eigenvalue weighted by Crippen LogP contribution is -2.53. The molecule has 2 N–H and O–H groups in total. The fraction of sp³-hybridized carbons (Fsp3) is 0.643. The highest BCUT2D eigenvalue weighted by atomic mass is 32.1. The van der Waals surface area contributed by atoms with Gasteiger partial charge in [0.2, 0.25) is 11.0 Å². The van der Waals surface area contributed by atoms with Crippen LogP contribution in [0.4, 0.5) is 14.3 Å². The van der Waals surface area contributed by atoms with Gasteiger partial charge in [-0.1, -0.05) is 23.5 Å². The summed E-state index contributed by atoms with van der Waals surface area (Å²) in [6.45, 7) is 4.54. The number of carbonyl (C=O) groups is 2. The molecule has 8 nitrogen and oxygen atoms in total. The fourth-order valence-electron chi connectivity index (χ4n) is 6.09. The van der Waals surface area contributed by atoms with Gasteiger partial charge in [0.05, 0.1) is 0 Å². The molecule has 1 unspecified atom stereocenters. The van der Waals surface area contributed by atoms with Gasteiger partial charge in [-0.05, 0) is 87.4 Å². The molecule has 2 aromatic rings. The predicted molar refractivity (Wildman–Crippen MR) is 147 cm³/mol. The Hall–Kier alpha value is -2.59. The second kappa shape index (κ2) is 12.1. The minimum absolute atomic E-state index is 0.0277. The molecule has 5 rings (SSSR count). The van der Waals surface area contributed by atoms with E-state index in [0.29, 0.717) is 17.0 Å². The van der Waals surface area contributed by atoms with Crippen LogP contribution >= 0.6 is 11.3 Å². The number of halogens is 1. The first-order chi connectivity index (χ1) is 18.3. The molecule has 3 amide bonds. The maximum absolute atomic E-state index is 13.3. The smallest absolute Gasteiger partial charge is 0.321 e. The number of hydrogen-bond donors (Lipinski definition) is 2. The Bertz CT molecular complexity index is 1110. The van der Waals surface area contributed by atoms with Crippen molar-refractivity contribution in [3.8, 4) is 0 Å². The van der Waals surface area contributed by atoms with E-state index < -0.39 is 0 Å². The van der Waals surface area contributed by atoms with E-state index in [2.05, 4.69) is 25.7 Å². The van der Waals surface area contributed by atoms with Crippen molar-refractivity contribution in [3.05, 3.63) is 40.7 Å². The molecule has 4 atom stereocenters. The van der Waals surface area contributed by atoms with Gasteiger partial charge in [-0.25, -0.2) is 9.18 Å². The van der Waals surface area contributed by atoms with E-state index in [4.69, 9.17) is 0 Å². The molecule has 1 saturated heterocycles. The highest BCUT2D eigenvalue weighted by molar-refractivity contribution is 7.15. The Kier molecular flexibility index (Phi) is 8.57. The monoisotopic (exact) mass is 542 g/mol. The van der Waals surface area contributed by atoms with Gasteiger partial charge in [-0.3, -0.25) is 10.1 Å². The quantitative estimate of drug-likeness (QED) is 0.507. The van der Waals surface area contributed by atoms with Crippen LogP contribution in [0.25, 0.3) is 0 Å². The predicted octanol–water partition coefficient (Wildman–Crippen LogP) is 4.65. The topological polar surface area (TPSA) is 90.5 Å². The van der Waals surface area contributed by atoms with Gasteiger partial charge in [0.1, 0.15) is 10.8 Å². The molecule has 206 valence electrons. The lowest BCUT2D eigenvalue weighted by molar-refractivity contribution is -0.130. The SMILES string of the molecule is CC(=O)N(C)[C@@H]1CCC(NC(=O)Nc2nnc(C3CC3)s2)[C@H](CN2CCC[C@@H](Cc3ccc(F)cc3)C2)C1. The summed E-state index contributed by atoms with van der Waals surface area (Å²) in [5.74, 6) is 1.17. The molecule has 0 radical (unpaired) electrons. The second-order valence-corrected chi connectivity index (χ2v) is 12.4. The Balaban J connectivity index is 1.21. The summed E-state index contributed by atoms with van der Waals surface area (Å²) in [4.78, 5) is 29.4. The Labute approximate surface area is 228 Å². The molecule has 1 aromatic carbocycles. The van der Waals surface area contributed by atoms with Crippen LogP contribution in [0.5, 0.6) is 0 Å². The lowest BCUT2D eigenvalue weighted by Gasteiger charge is -2.43. The summed E-state index contributed by atoms with van der Waals surface area (Å²) in [7, 11) is 1.89. The number of benzene rings is 1. The van der Waals surface area contributed by atoms with Crippen molar-refractivity contribution < 1.29 is 14.0 Å². The van der Waals surface area contributed by atoms with Crippen molar-refractivity contribution in [2.24, 2.45) is 11.8 Å². The van der Waals surface area contributed by atoms with Gasteiger partial charge in [-0.2, -0.15) is 0 Å². The Morgan fingerprint density at radius 3 is 2.66 bits per heavy atom. The zero-order valence-corrected chi connectivity index (χ0v) is 23.2. The molecule has 2 saturated carbocycles. The molecule has 0 bridgehead atoms. The van der Waals surface area contributed by atoms with Crippen LogP contribution < -0.4 is 10.6 Å². The number of hydrogen-bond acceptors (Lipinski definition) is 6. The highest BCUT2D eigenvalue weighted by Crippen LogP contribution is 2.42. The third-order valence-electron chi connectivity index (χ3n) is 8.44. The van der Waals surface area contributed by atoms with E-state index in [1.165, 1.54) is 23.3 Å². The minimum atomic E-state index is -0.232. The molecule has 2 heterocycles. The molecule has 0 spiro atoms. The first kappa shape index (κ1) is 27.0. The van der Waals surface area contributed by atoms with Crippen molar-refractivity contribution in [1.29, 1.82) is 0 Å². The molecule has 38 heavy (non-hydrogen) atoms. The van der Waals surface area contributed by atoms with Crippen molar-refractivity contribution in [2.75, 3.05) is 32.0 Å². The van der Waals surface area contributed by atoms with E-state index >= 15 is 0 Å².